The molecule has 0 bridgehead atoms. The van der Waals surface area contributed by atoms with E-state index in [9.17, 15) is 4.79 Å². The van der Waals surface area contributed by atoms with Gasteiger partial charge in [-0.1, -0.05) is 5.16 Å². The largest absolute Gasteiger partial charge is 0.484 e. The summed E-state index contributed by atoms with van der Waals surface area (Å²) < 4.78 is 16.6. The zero-order chi connectivity index (χ0) is 17.8. The third-order valence-electron chi connectivity index (χ3n) is 4.34. The van der Waals surface area contributed by atoms with E-state index in [0.717, 1.165) is 17.0 Å². The van der Waals surface area contributed by atoms with Crippen molar-refractivity contribution >= 4 is 5.91 Å². The topological polar surface area (TPSA) is 86.5 Å². The molecule has 1 saturated heterocycles. The summed E-state index contributed by atoms with van der Waals surface area (Å²) in [6, 6.07) is 3.66. The van der Waals surface area contributed by atoms with E-state index in [0.29, 0.717) is 31.1 Å². The van der Waals surface area contributed by atoms with Gasteiger partial charge in [0.05, 0.1) is 31.0 Å². The van der Waals surface area contributed by atoms with E-state index in [4.69, 9.17) is 14.0 Å². The minimum absolute atomic E-state index is 0.0723. The number of aryl methyl sites for hydroxylation is 3. The Morgan fingerprint density at radius 2 is 2.20 bits per heavy atom. The highest BCUT2D eigenvalue weighted by molar-refractivity contribution is 5.79. The van der Waals surface area contributed by atoms with Gasteiger partial charge in [0.2, 0.25) is 5.91 Å². The molecule has 1 aliphatic heterocycles. The molecule has 0 aliphatic carbocycles. The molecule has 0 spiro atoms. The van der Waals surface area contributed by atoms with Crippen LogP contribution in [0.2, 0.25) is 0 Å². The number of rotatable bonds is 5. The molecule has 3 heterocycles. The fraction of sp³-hybridized carbons (Fsp3) is 0.500. The van der Waals surface area contributed by atoms with Crippen molar-refractivity contribution in [3.63, 3.8) is 0 Å². The van der Waals surface area contributed by atoms with Gasteiger partial charge in [-0.3, -0.25) is 9.78 Å². The third kappa shape index (κ3) is 4.36. The first-order valence-corrected chi connectivity index (χ1v) is 8.41. The number of nitrogens with one attached hydrogen (secondary N) is 1. The second-order valence-corrected chi connectivity index (χ2v) is 6.31. The lowest BCUT2D eigenvalue weighted by Gasteiger charge is -2.32. The number of hydrogen-bond acceptors (Lipinski definition) is 6. The SMILES string of the molecule is Cc1ccc(O[C@H]2COCC[C@H]2NC(=O)Cc2c(C)noc2C)cn1. The summed E-state index contributed by atoms with van der Waals surface area (Å²) in [5.74, 6) is 1.28. The van der Waals surface area contributed by atoms with E-state index < -0.39 is 0 Å². The fourth-order valence-electron chi connectivity index (χ4n) is 2.86. The molecular formula is C18H23N3O4. The lowest BCUT2D eigenvalue weighted by molar-refractivity contribution is -0.123. The number of amides is 1. The monoisotopic (exact) mass is 345 g/mol. The molecule has 0 aromatic carbocycles. The highest BCUT2D eigenvalue weighted by Gasteiger charge is 2.29. The van der Waals surface area contributed by atoms with Crippen LogP contribution in [0.1, 0.15) is 29.1 Å². The van der Waals surface area contributed by atoms with Crippen molar-refractivity contribution in [2.24, 2.45) is 0 Å². The smallest absolute Gasteiger partial charge is 0.224 e. The second kappa shape index (κ2) is 7.65. The Hall–Kier alpha value is -2.41. The first-order valence-electron chi connectivity index (χ1n) is 8.41. The number of carbonyl (C=O) groups is 1. The van der Waals surface area contributed by atoms with Crippen molar-refractivity contribution in [1.29, 1.82) is 0 Å². The van der Waals surface area contributed by atoms with Gasteiger partial charge in [0.1, 0.15) is 17.6 Å². The molecule has 1 N–H and O–H groups in total. The summed E-state index contributed by atoms with van der Waals surface area (Å²) in [5, 5.41) is 6.95. The number of aromatic nitrogens is 2. The summed E-state index contributed by atoms with van der Waals surface area (Å²) in [4.78, 5) is 16.7. The lowest BCUT2D eigenvalue weighted by atomic mass is 10.0. The number of carbonyl (C=O) groups excluding carboxylic acids is 1. The summed E-state index contributed by atoms with van der Waals surface area (Å²) in [6.07, 6.45) is 2.40. The Balaban J connectivity index is 1.62. The fourth-order valence-corrected chi connectivity index (χ4v) is 2.86. The van der Waals surface area contributed by atoms with Crippen LogP contribution in [0.15, 0.2) is 22.9 Å². The predicted octanol–water partition coefficient (Wildman–Crippen LogP) is 1.89. The minimum atomic E-state index is -0.244. The van der Waals surface area contributed by atoms with Gasteiger partial charge in [0.25, 0.3) is 0 Å². The molecule has 2 aromatic rings. The zero-order valence-electron chi connectivity index (χ0n) is 14.7. The summed E-state index contributed by atoms with van der Waals surface area (Å²) in [7, 11) is 0. The summed E-state index contributed by atoms with van der Waals surface area (Å²) in [5.41, 5.74) is 2.51. The maximum atomic E-state index is 12.4. The Morgan fingerprint density at radius 3 is 2.88 bits per heavy atom. The zero-order valence-corrected chi connectivity index (χ0v) is 14.7. The van der Waals surface area contributed by atoms with Crippen molar-refractivity contribution in [2.75, 3.05) is 13.2 Å². The maximum Gasteiger partial charge on any atom is 0.224 e. The van der Waals surface area contributed by atoms with Gasteiger partial charge in [-0.25, -0.2) is 0 Å². The first kappa shape index (κ1) is 17.4. The highest BCUT2D eigenvalue weighted by Crippen LogP contribution is 2.18. The van der Waals surface area contributed by atoms with Crippen LogP contribution in [0.4, 0.5) is 0 Å². The molecule has 1 aliphatic rings. The summed E-state index contributed by atoms with van der Waals surface area (Å²) in [6.45, 7) is 6.61. The van der Waals surface area contributed by atoms with Crippen molar-refractivity contribution in [2.45, 2.75) is 45.8 Å². The van der Waals surface area contributed by atoms with Gasteiger partial charge in [-0.15, -0.1) is 0 Å². The average Bonchev–Trinajstić information content (AvgIpc) is 2.90. The number of ether oxygens (including phenoxy) is 2. The molecule has 0 unspecified atom stereocenters. The van der Waals surface area contributed by atoms with Crippen LogP contribution in [-0.2, 0) is 16.0 Å². The van der Waals surface area contributed by atoms with Crippen molar-refractivity contribution in [1.82, 2.24) is 15.5 Å². The van der Waals surface area contributed by atoms with E-state index in [1.807, 2.05) is 32.9 Å². The first-order chi connectivity index (χ1) is 12.0. The normalized spacial score (nSPS) is 20.3. The molecule has 2 atom stereocenters. The van der Waals surface area contributed by atoms with Crippen LogP contribution in [0.3, 0.4) is 0 Å². The van der Waals surface area contributed by atoms with Gasteiger partial charge in [0.15, 0.2) is 0 Å². The second-order valence-electron chi connectivity index (χ2n) is 6.31. The Kier molecular flexibility index (Phi) is 5.33. The van der Waals surface area contributed by atoms with E-state index in [-0.39, 0.29) is 24.5 Å². The van der Waals surface area contributed by atoms with Gasteiger partial charge in [0, 0.05) is 17.9 Å². The molecular weight excluding hydrogens is 322 g/mol. The Morgan fingerprint density at radius 1 is 1.36 bits per heavy atom. The quantitative estimate of drug-likeness (QED) is 0.890. The number of nitrogens with zero attached hydrogens (tertiary/aromatic N) is 2. The third-order valence-corrected chi connectivity index (χ3v) is 4.34. The van der Waals surface area contributed by atoms with Crippen LogP contribution in [-0.4, -0.2) is 41.4 Å². The van der Waals surface area contributed by atoms with Crippen LogP contribution in [0.5, 0.6) is 5.75 Å². The van der Waals surface area contributed by atoms with Crippen LogP contribution in [0.25, 0.3) is 0 Å². The van der Waals surface area contributed by atoms with Gasteiger partial charge >= 0.3 is 0 Å². The van der Waals surface area contributed by atoms with E-state index in [1.165, 1.54) is 0 Å². The average molecular weight is 345 g/mol. The van der Waals surface area contributed by atoms with Gasteiger partial charge < -0.3 is 19.3 Å². The molecule has 0 radical (unpaired) electrons. The molecule has 0 saturated carbocycles. The van der Waals surface area contributed by atoms with E-state index >= 15 is 0 Å². The van der Waals surface area contributed by atoms with Gasteiger partial charge in [-0.2, -0.15) is 0 Å². The maximum absolute atomic E-state index is 12.4. The molecule has 2 aromatic heterocycles. The standard InChI is InChI=1S/C18H23N3O4/c1-11-4-5-14(9-19-11)24-17-10-23-7-6-16(17)20-18(22)8-15-12(2)21-25-13(15)3/h4-5,9,16-17H,6-8,10H2,1-3H3,(H,20,22)/t16-,17+/m1/s1. The summed E-state index contributed by atoms with van der Waals surface area (Å²) >= 11 is 0. The number of pyridine rings is 1. The predicted molar refractivity (Wildman–Crippen MR) is 90.4 cm³/mol. The number of hydrogen-bond donors (Lipinski definition) is 1. The molecule has 25 heavy (non-hydrogen) atoms. The van der Waals surface area contributed by atoms with Crippen molar-refractivity contribution in [3.8, 4) is 5.75 Å². The van der Waals surface area contributed by atoms with E-state index in [1.54, 1.807) is 6.20 Å². The van der Waals surface area contributed by atoms with Crippen molar-refractivity contribution < 1.29 is 18.8 Å². The minimum Gasteiger partial charge on any atom is -0.484 e. The van der Waals surface area contributed by atoms with Crippen LogP contribution < -0.4 is 10.1 Å². The van der Waals surface area contributed by atoms with Crippen LogP contribution in [0, 0.1) is 20.8 Å². The molecule has 7 heteroatoms. The van der Waals surface area contributed by atoms with Crippen molar-refractivity contribution in [3.05, 3.63) is 41.0 Å². The molecule has 7 nitrogen and oxygen atoms in total. The van der Waals surface area contributed by atoms with Crippen LogP contribution >= 0.6 is 0 Å². The van der Waals surface area contributed by atoms with E-state index in [2.05, 4.69) is 15.5 Å². The Labute approximate surface area is 146 Å². The highest BCUT2D eigenvalue weighted by atomic mass is 16.5. The lowest BCUT2D eigenvalue weighted by Crippen LogP contribution is -2.51. The van der Waals surface area contributed by atoms with Gasteiger partial charge in [-0.05, 0) is 39.3 Å². The molecule has 3 rings (SSSR count). The molecule has 1 fully saturated rings. The molecule has 1 amide bonds. The Bertz CT molecular complexity index is 707. The molecule has 134 valence electrons.